The van der Waals surface area contributed by atoms with Gasteiger partial charge in [0.25, 0.3) is 5.56 Å². The summed E-state index contributed by atoms with van der Waals surface area (Å²) in [5.41, 5.74) is 0.889. The number of thiophene rings is 1. The molecule has 2 heterocycles. The molecule has 0 unspecified atom stereocenters. The molecule has 7 heteroatoms. The Hall–Kier alpha value is -2.98. The lowest BCUT2D eigenvalue weighted by molar-refractivity contribution is -0.123. The van der Waals surface area contributed by atoms with Crippen LogP contribution in [-0.4, -0.2) is 21.0 Å². The molecular formula is C22H22N4O2S. The highest BCUT2D eigenvalue weighted by Gasteiger charge is 2.33. The Morgan fingerprint density at radius 1 is 1.28 bits per heavy atom. The minimum Gasteiger partial charge on any atom is -0.336 e. The number of benzene rings is 1. The lowest BCUT2D eigenvalue weighted by Gasteiger charge is -2.31. The van der Waals surface area contributed by atoms with Crippen molar-refractivity contribution in [3.63, 3.8) is 0 Å². The molecule has 0 aliphatic heterocycles. The van der Waals surface area contributed by atoms with Crippen LogP contribution in [0.25, 0.3) is 20.7 Å². The van der Waals surface area contributed by atoms with Gasteiger partial charge in [-0.3, -0.25) is 14.2 Å². The van der Waals surface area contributed by atoms with Crippen molar-refractivity contribution >= 4 is 27.5 Å². The minimum atomic E-state index is -0.810. The summed E-state index contributed by atoms with van der Waals surface area (Å²) >= 11 is 1.48. The van der Waals surface area contributed by atoms with Gasteiger partial charge in [0.05, 0.1) is 17.8 Å². The normalized spacial score (nSPS) is 15.7. The zero-order chi connectivity index (χ0) is 20.4. The van der Waals surface area contributed by atoms with Gasteiger partial charge in [0.15, 0.2) is 0 Å². The third kappa shape index (κ3) is 3.68. The Bertz CT molecular complexity index is 1150. The molecule has 6 nitrogen and oxygen atoms in total. The van der Waals surface area contributed by atoms with E-state index in [0.717, 1.165) is 35.3 Å². The fourth-order valence-electron chi connectivity index (χ4n) is 4.02. The first-order valence-corrected chi connectivity index (χ1v) is 10.6. The van der Waals surface area contributed by atoms with Crippen molar-refractivity contribution in [3.8, 4) is 16.5 Å². The lowest BCUT2D eigenvalue weighted by Crippen LogP contribution is -2.50. The van der Waals surface area contributed by atoms with E-state index < -0.39 is 5.54 Å². The SMILES string of the molecule is Cc1c(-c2ccccc2)sc2ncn(CC(=O)NC3(C#N)CCCCC3)c(=O)c12. The number of amides is 1. The Kier molecular flexibility index (Phi) is 5.20. The van der Waals surface area contributed by atoms with Gasteiger partial charge in [-0.15, -0.1) is 11.3 Å². The molecule has 0 saturated heterocycles. The summed E-state index contributed by atoms with van der Waals surface area (Å²) in [5.74, 6) is -0.326. The average molecular weight is 407 g/mol. The Morgan fingerprint density at radius 3 is 2.69 bits per heavy atom. The number of aryl methyl sites for hydroxylation is 1. The molecule has 0 spiro atoms. The monoisotopic (exact) mass is 406 g/mol. The van der Waals surface area contributed by atoms with E-state index >= 15 is 0 Å². The molecule has 1 aromatic carbocycles. The van der Waals surface area contributed by atoms with Crippen molar-refractivity contribution in [1.82, 2.24) is 14.9 Å². The van der Waals surface area contributed by atoms with Crippen molar-refractivity contribution in [2.75, 3.05) is 0 Å². The largest absolute Gasteiger partial charge is 0.336 e. The highest BCUT2D eigenvalue weighted by Crippen LogP contribution is 2.35. The fourth-order valence-corrected chi connectivity index (χ4v) is 5.16. The summed E-state index contributed by atoms with van der Waals surface area (Å²) in [5, 5.41) is 13.0. The van der Waals surface area contributed by atoms with Gasteiger partial charge in [-0.2, -0.15) is 5.26 Å². The van der Waals surface area contributed by atoms with Crippen LogP contribution in [0.15, 0.2) is 41.5 Å². The maximum Gasteiger partial charge on any atom is 0.262 e. The Balaban J connectivity index is 1.63. The van der Waals surface area contributed by atoms with Crippen LogP contribution in [0.3, 0.4) is 0 Å². The number of hydrogen-bond donors (Lipinski definition) is 1. The number of carbonyl (C=O) groups is 1. The zero-order valence-electron chi connectivity index (χ0n) is 16.3. The summed E-state index contributed by atoms with van der Waals surface area (Å²) in [6, 6.07) is 12.2. The number of nitrogens with zero attached hydrogens (tertiary/aromatic N) is 3. The molecule has 4 rings (SSSR count). The first kappa shape index (κ1) is 19.3. The number of aromatic nitrogens is 2. The summed E-state index contributed by atoms with van der Waals surface area (Å²) < 4.78 is 1.33. The third-order valence-corrected chi connectivity index (χ3v) is 6.82. The molecule has 1 fully saturated rings. The molecule has 0 radical (unpaired) electrons. The summed E-state index contributed by atoms with van der Waals surface area (Å²) in [7, 11) is 0. The van der Waals surface area contributed by atoms with E-state index in [-0.39, 0.29) is 18.0 Å². The molecule has 1 saturated carbocycles. The molecule has 148 valence electrons. The van der Waals surface area contributed by atoms with Crippen molar-refractivity contribution in [1.29, 1.82) is 5.26 Å². The predicted octanol–water partition coefficient (Wildman–Crippen LogP) is 3.78. The third-order valence-electron chi connectivity index (χ3n) is 5.57. The van der Waals surface area contributed by atoms with Gasteiger partial charge in [-0.25, -0.2) is 4.98 Å². The fraction of sp³-hybridized carbons (Fsp3) is 0.364. The molecule has 29 heavy (non-hydrogen) atoms. The highest BCUT2D eigenvalue weighted by molar-refractivity contribution is 7.22. The van der Waals surface area contributed by atoms with Crippen LogP contribution in [0.5, 0.6) is 0 Å². The van der Waals surface area contributed by atoms with Crippen LogP contribution in [0.2, 0.25) is 0 Å². The van der Waals surface area contributed by atoms with E-state index in [2.05, 4.69) is 16.4 Å². The first-order chi connectivity index (χ1) is 14.0. The standard InChI is InChI=1S/C22H22N4O2S/c1-15-18-20(29-19(15)16-8-4-2-5-9-16)24-14-26(21(18)28)12-17(27)25-22(13-23)10-6-3-7-11-22/h2,4-5,8-9,14H,3,6-7,10-12H2,1H3,(H,25,27). The molecule has 3 aromatic rings. The van der Waals surface area contributed by atoms with E-state index in [1.165, 1.54) is 22.2 Å². The Labute approximate surface area is 172 Å². The number of rotatable bonds is 4. The number of fused-ring (bicyclic) bond motifs is 1. The topological polar surface area (TPSA) is 87.8 Å². The molecule has 1 aliphatic carbocycles. The Morgan fingerprint density at radius 2 is 2.00 bits per heavy atom. The number of nitrogens with one attached hydrogen (secondary N) is 1. The highest BCUT2D eigenvalue weighted by atomic mass is 32.1. The van der Waals surface area contributed by atoms with Gasteiger partial charge in [-0.05, 0) is 30.9 Å². The second kappa shape index (κ2) is 7.80. The van der Waals surface area contributed by atoms with Crippen LogP contribution in [0, 0.1) is 18.3 Å². The smallest absolute Gasteiger partial charge is 0.262 e. The predicted molar refractivity (Wildman–Crippen MR) is 114 cm³/mol. The van der Waals surface area contributed by atoms with Gasteiger partial charge >= 0.3 is 0 Å². The molecule has 0 atom stereocenters. The molecule has 1 amide bonds. The van der Waals surface area contributed by atoms with Crippen LogP contribution in [0.1, 0.15) is 37.7 Å². The van der Waals surface area contributed by atoms with Crippen molar-refractivity contribution in [2.24, 2.45) is 0 Å². The molecular weight excluding hydrogens is 384 g/mol. The van der Waals surface area contributed by atoms with Crippen LogP contribution < -0.4 is 10.9 Å². The van der Waals surface area contributed by atoms with E-state index in [4.69, 9.17) is 0 Å². The first-order valence-electron chi connectivity index (χ1n) is 9.79. The number of hydrogen-bond acceptors (Lipinski definition) is 5. The lowest BCUT2D eigenvalue weighted by atomic mass is 9.83. The van der Waals surface area contributed by atoms with Gasteiger partial charge in [0.2, 0.25) is 5.91 Å². The minimum absolute atomic E-state index is 0.138. The molecule has 1 aliphatic rings. The van der Waals surface area contributed by atoms with E-state index in [1.54, 1.807) is 0 Å². The van der Waals surface area contributed by atoms with Crippen LogP contribution >= 0.6 is 11.3 Å². The second-order valence-corrected chi connectivity index (χ2v) is 8.58. The summed E-state index contributed by atoms with van der Waals surface area (Å²) in [4.78, 5) is 31.8. The molecule has 0 bridgehead atoms. The number of carbonyl (C=O) groups excluding carboxylic acids is 1. The van der Waals surface area contributed by atoms with E-state index in [1.807, 2.05) is 37.3 Å². The average Bonchev–Trinajstić information content (AvgIpc) is 3.08. The second-order valence-electron chi connectivity index (χ2n) is 7.58. The van der Waals surface area contributed by atoms with Crippen molar-refractivity contribution in [2.45, 2.75) is 51.1 Å². The van der Waals surface area contributed by atoms with Gasteiger partial charge in [0.1, 0.15) is 16.9 Å². The van der Waals surface area contributed by atoms with Gasteiger partial charge < -0.3 is 5.32 Å². The van der Waals surface area contributed by atoms with Gasteiger partial charge in [-0.1, -0.05) is 49.6 Å². The summed E-state index contributed by atoms with van der Waals surface area (Å²) in [6.45, 7) is 1.78. The number of nitriles is 1. The maximum absolute atomic E-state index is 13.1. The molecule has 1 N–H and O–H groups in total. The van der Waals surface area contributed by atoms with Crippen molar-refractivity contribution in [3.05, 3.63) is 52.6 Å². The zero-order valence-corrected chi connectivity index (χ0v) is 17.1. The van der Waals surface area contributed by atoms with Crippen LogP contribution in [-0.2, 0) is 11.3 Å². The van der Waals surface area contributed by atoms with Gasteiger partial charge in [0, 0.05) is 4.88 Å². The maximum atomic E-state index is 13.1. The van der Waals surface area contributed by atoms with E-state index in [0.29, 0.717) is 23.1 Å². The molecule has 2 aromatic heterocycles. The van der Waals surface area contributed by atoms with Crippen molar-refractivity contribution < 1.29 is 4.79 Å². The van der Waals surface area contributed by atoms with Crippen LogP contribution in [0.4, 0.5) is 0 Å². The quantitative estimate of drug-likeness (QED) is 0.714. The summed E-state index contributed by atoms with van der Waals surface area (Å²) in [6.07, 6.45) is 5.68. The van der Waals surface area contributed by atoms with E-state index in [9.17, 15) is 14.9 Å².